The van der Waals surface area contributed by atoms with E-state index < -0.39 is 0 Å². The van der Waals surface area contributed by atoms with Gasteiger partial charge in [-0.1, -0.05) is 53.8 Å². The number of nitrogens with one attached hydrogen (secondary N) is 1. The van der Waals surface area contributed by atoms with Crippen LogP contribution < -0.4 is 14.8 Å². The zero-order valence-electron chi connectivity index (χ0n) is 15.1. The normalized spacial score (nSPS) is 10.4. The number of ether oxygens (including phenoxy) is 2. The molecule has 0 saturated carbocycles. The topological polar surface area (TPSA) is 73.3 Å². The summed E-state index contributed by atoms with van der Waals surface area (Å²) < 4.78 is 11.2. The average molecular weight is 383 g/mol. The van der Waals surface area contributed by atoms with Crippen molar-refractivity contribution < 1.29 is 14.3 Å². The molecule has 1 heterocycles. The second kappa shape index (κ2) is 9.68. The minimum absolute atomic E-state index is 0.104. The lowest BCUT2D eigenvalue weighted by atomic mass is 10.2. The van der Waals surface area contributed by atoms with Gasteiger partial charge in [-0.25, -0.2) is 0 Å². The van der Waals surface area contributed by atoms with Crippen LogP contribution in [0.15, 0.2) is 54.6 Å². The van der Waals surface area contributed by atoms with Crippen molar-refractivity contribution >= 4 is 22.4 Å². The number of aromatic nitrogens is 2. The molecule has 0 fully saturated rings. The molecule has 1 N–H and O–H groups in total. The highest BCUT2D eigenvalue weighted by atomic mass is 32.1. The van der Waals surface area contributed by atoms with Crippen molar-refractivity contribution in [1.82, 2.24) is 10.2 Å². The number of carbonyl (C=O) groups excluding carboxylic acids is 1. The standard InChI is InChI=1S/C20H21N3O3S/c1-2-25-16-11-6-7-12-17(16)26-14-8-13-18(24)21-20-23-22-19(27-20)15-9-4-3-5-10-15/h3-7,9-12H,2,8,13-14H2,1H3,(H,21,23,24). The summed E-state index contributed by atoms with van der Waals surface area (Å²) in [4.78, 5) is 12.1. The van der Waals surface area contributed by atoms with Gasteiger partial charge >= 0.3 is 0 Å². The first kappa shape index (κ1) is 18.8. The van der Waals surface area contributed by atoms with E-state index in [4.69, 9.17) is 9.47 Å². The van der Waals surface area contributed by atoms with Crippen LogP contribution >= 0.6 is 11.3 Å². The molecule has 2 aromatic carbocycles. The Kier molecular flexibility index (Phi) is 6.76. The van der Waals surface area contributed by atoms with Gasteiger partial charge in [0.25, 0.3) is 0 Å². The Bertz CT molecular complexity index is 868. The number of benzene rings is 2. The molecular weight excluding hydrogens is 362 g/mol. The van der Waals surface area contributed by atoms with Crippen molar-refractivity contribution in [3.8, 4) is 22.1 Å². The molecule has 0 radical (unpaired) electrons. The van der Waals surface area contributed by atoms with Gasteiger partial charge < -0.3 is 14.8 Å². The summed E-state index contributed by atoms with van der Waals surface area (Å²) in [5, 5.41) is 12.2. The van der Waals surface area contributed by atoms with E-state index in [-0.39, 0.29) is 5.91 Å². The number of hydrogen-bond acceptors (Lipinski definition) is 6. The third-order valence-corrected chi connectivity index (χ3v) is 4.53. The largest absolute Gasteiger partial charge is 0.490 e. The van der Waals surface area contributed by atoms with Gasteiger partial charge in [0, 0.05) is 12.0 Å². The number of rotatable bonds is 9. The number of para-hydroxylation sites is 2. The van der Waals surface area contributed by atoms with Crippen molar-refractivity contribution in [1.29, 1.82) is 0 Å². The quantitative estimate of drug-likeness (QED) is 0.554. The molecule has 3 rings (SSSR count). The third kappa shape index (κ3) is 5.52. The Hall–Kier alpha value is -2.93. The van der Waals surface area contributed by atoms with Crippen molar-refractivity contribution in [2.24, 2.45) is 0 Å². The van der Waals surface area contributed by atoms with Crippen molar-refractivity contribution in [3.63, 3.8) is 0 Å². The van der Waals surface area contributed by atoms with E-state index in [0.29, 0.717) is 42.7 Å². The second-order valence-electron chi connectivity index (χ2n) is 5.66. The number of carbonyl (C=O) groups is 1. The lowest BCUT2D eigenvalue weighted by Crippen LogP contribution is -2.12. The molecule has 27 heavy (non-hydrogen) atoms. The predicted molar refractivity (Wildman–Crippen MR) is 106 cm³/mol. The maximum absolute atomic E-state index is 12.1. The van der Waals surface area contributed by atoms with Crippen molar-refractivity contribution in [2.45, 2.75) is 19.8 Å². The van der Waals surface area contributed by atoms with E-state index in [9.17, 15) is 4.79 Å². The highest BCUT2D eigenvalue weighted by Crippen LogP contribution is 2.27. The molecule has 1 amide bonds. The molecule has 0 atom stereocenters. The Morgan fingerprint density at radius 1 is 1.00 bits per heavy atom. The highest BCUT2D eigenvalue weighted by Gasteiger charge is 2.10. The van der Waals surface area contributed by atoms with E-state index in [2.05, 4.69) is 15.5 Å². The van der Waals surface area contributed by atoms with Gasteiger partial charge in [0.2, 0.25) is 11.0 Å². The summed E-state index contributed by atoms with van der Waals surface area (Å²) in [6.45, 7) is 2.94. The van der Waals surface area contributed by atoms with Crippen LogP contribution in [0.4, 0.5) is 5.13 Å². The maximum atomic E-state index is 12.1. The summed E-state index contributed by atoms with van der Waals surface area (Å²) in [5.74, 6) is 1.30. The minimum atomic E-state index is -0.104. The molecule has 0 aliphatic rings. The lowest BCUT2D eigenvalue weighted by Gasteiger charge is -2.11. The highest BCUT2D eigenvalue weighted by molar-refractivity contribution is 7.18. The van der Waals surface area contributed by atoms with Crippen LogP contribution in [0.2, 0.25) is 0 Å². The van der Waals surface area contributed by atoms with E-state index in [1.807, 2.05) is 61.5 Å². The van der Waals surface area contributed by atoms with E-state index in [1.54, 1.807) is 0 Å². The molecule has 0 unspecified atom stereocenters. The van der Waals surface area contributed by atoms with Gasteiger partial charge in [-0.05, 0) is 25.5 Å². The molecule has 140 valence electrons. The Morgan fingerprint density at radius 3 is 2.44 bits per heavy atom. The SMILES string of the molecule is CCOc1ccccc1OCCCC(=O)Nc1nnc(-c2ccccc2)s1. The van der Waals surface area contributed by atoms with Crippen LogP contribution in [0.5, 0.6) is 11.5 Å². The molecule has 0 saturated heterocycles. The average Bonchev–Trinajstić information content (AvgIpc) is 3.16. The first-order valence-corrected chi connectivity index (χ1v) is 9.61. The van der Waals surface area contributed by atoms with Crippen LogP contribution in [0.3, 0.4) is 0 Å². The van der Waals surface area contributed by atoms with Gasteiger partial charge in [0.15, 0.2) is 11.5 Å². The summed E-state index contributed by atoms with van der Waals surface area (Å²) in [6.07, 6.45) is 0.938. The van der Waals surface area contributed by atoms with Crippen LogP contribution in [0.25, 0.3) is 10.6 Å². The monoisotopic (exact) mass is 383 g/mol. The van der Waals surface area contributed by atoms with Gasteiger partial charge in [0.05, 0.1) is 13.2 Å². The molecule has 0 aliphatic carbocycles. The van der Waals surface area contributed by atoms with E-state index in [1.165, 1.54) is 11.3 Å². The molecule has 7 heteroatoms. The second-order valence-corrected chi connectivity index (χ2v) is 6.64. The smallest absolute Gasteiger partial charge is 0.226 e. The third-order valence-electron chi connectivity index (χ3n) is 3.65. The van der Waals surface area contributed by atoms with E-state index in [0.717, 1.165) is 10.6 Å². The number of hydrogen-bond donors (Lipinski definition) is 1. The van der Waals surface area contributed by atoms with E-state index >= 15 is 0 Å². The van der Waals surface area contributed by atoms with Crippen LogP contribution in [0.1, 0.15) is 19.8 Å². The number of anilines is 1. The van der Waals surface area contributed by atoms with Gasteiger partial charge in [-0.15, -0.1) is 10.2 Å². The molecule has 0 bridgehead atoms. The molecular formula is C20H21N3O3S. The van der Waals surface area contributed by atoms with Crippen LogP contribution in [-0.4, -0.2) is 29.3 Å². The molecule has 3 aromatic rings. The van der Waals surface area contributed by atoms with Gasteiger partial charge in [-0.3, -0.25) is 4.79 Å². The molecule has 6 nitrogen and oxygen atoms in total. The zero-order chi connectivity index (χ0) is 18.9. The summed E-state index contributed by atoms with van der Waals surface area (Å²) in [7, 11) is 0. The Balaban J connectivity index is 1.44. The first-order valence-electron chi connectivity index (χ1n) is 8.79. The summed E-state index contributed by atoms with van der Waals surface area (Å²) >= 11 is 1.36. The van der Waals surface area contributed by atoms with Crippen LogP contribution in [0, 0.1) is 0 Å². The van der Waals surface area contributed by atoms with Gasteiger partial charge in [-0.2, -0.15) is 0 Å². The van der Waals surface area contributed by atoms with Gasteiger partial charge in [0.1, 0.15) is 5.01 Å². The zero-order valence-corrected chi connectivity index (χ0v) is 15.9. The maximum Gasteiger partial charge on any atom is 0.226 e. The Morgan fingerprint density at radius 2 is 1.70 bits per heavy atom. The lowest BCUT2D eigenvalue weighted by molar-refractivity contribution is -0.116. The summed E-state index contributed by atoms with van der Waals surface area (Å²) in [5.41, 5.74) is 0.983. The fourth-order valence-corrected chi connectivity index (χ4v) is 3.18. The fraction of sp³-hybridized carbons (Fsp3) is 0.250. The molecule has 0 spiro atoms. The Labute approximate surface area is 162 Å². The fourth-order valence-electron chi connectivity index (χ4n) is 2.41. The molecule has 1 aromatic heterocycles. The predicted octanol–water partition coefficient (Wildman–Crippen LogP) is 4.40. The number of nitrogens with zero attached hydrogens (tertiary/aromatic N) is 2. The first-order chi connectivity index (χ1) is 13.3. The minimum Gasteiger partial charge on any atom is -0.490 e. The summed E-state index contributed by atoms with van der Waals surface area (Å²) in [6, 6.07) is 17.3. The van der Waals surface area contributed by atoms with Crippen LogP contribution in [-0.2, 0) is 4.79 Å². The van der Waals surface area contributed by atoms with Crippen molar-refractivity contribution in [3.05, 3.63) is 54.6 Å². The number of amides is 1. The van der Waals surface area contributed by atoms with Crippen molar-refractivity contribution in [2.75, 3.05) is 18.5 Å². The molecule has 0 aliphatic heterocycles.